The van der Waals surface area contributed by atoms with E-state index in [0.29, 0.717) is 13.0 Å². The van der Waals surface area contributed by atoms with Crippen LogP contribution in [-0.2, 0) is 9.53 Å². The number of amides is 1. The third kappa shape index (κ3) is 4.83. The van der Waals surface area contributed by atoms with Gasteiger partial charge < -0.3 is 19.8 Å². The molecule has 0 unspecified atom stereocenters. The highest BCUT2D eigenvalue weighted by atomic mass is 16.5. The van der Waals surface area contributed by atoms with Crippen LogP contribution in [0, 0.1) is 0 Å². The third-order valence-electron chi connectivity index (χ3n) is 5.74. The lowest BCUT2D eigenvalue weighted by atomic mass is 9.88. The van der Waals surface area contributed by atoms with Crippen molar-refractivity contribution in [1.29, 1.82) is 0 Å². The highest BCUT2D eigenvalue weighted by Crippen LogP contribution is 2.34. The Kier molecular flexibility index (Phi) is 6.67. The van der Waals surface area contributed by atoms with E-state index in [9.17, 15) is 4.79 Å². The van der Waals surface area contributed by atoms with Crippen molar-refractivity contribution in [3.63, 3.8) is 0 Å². The molecule has 1 aromatic heterocycles. The molecule has 0 bridgehead atoms. The summed E-state index contributed by atoms with van der Waals surface area (Å²) in [6.45, 7) is 4.90. The SMILES string of the molecule is COc1cccc([C@@H](CC(=O)NCCN2CCOCC2)c2c[nH]c3ccccc23)c1. The number of nitrogens with one attached hydrogen (secondary N) is 2. The third-order valence-corrected chi connectivity index (χ3v) is 5.74. The van der Waals surface area contributed by atoms with Crippen molar-refractivity contribution in [3.05, 3.63) is 65.9 Å². The molecule has 2 aromatic carbocycles. The first kappa shape index (κ1) is 20.4. The summed E-state index contributed by atoms with van der Waals surface area (Å²) in [6, 6.07) is 16.2. The molecule has 6 heteroatoms. The van der Waals surface area contributed by atoms with Gasteiger partial charge in [-0.2, -0.15) is 0 Å². The van der Waals surface area contributed by atoms with Crippen molar-refractivity contribution < 1.29 is 14.3 Å². The Morgan fingerprint density at radius 3 is 2.87 bits per heavy atom. The minimum Gasteiger partial charge on any atom is -0.497 e. The summed E-state index contributed by atoms with van der Waals surface area (Å²) >= 11 is 0. The quantitative estimate of drug-likeness (QED) is 0.602. The van der Waals surface area contributed by atoms with Crippen molar-refractivity contribution in [3.8, 4) is 5.75 Å². The number of methoxy groups -OCH3 is 1. The number of aromatic nitrogens is 1. The van der Waals surface area contributed by atoms with Crippen LogP contribution in [0.2, 0.25) is 0 Å². The lowest BCUT2D eigenvalue weighted by Crippen LogP contribution is -2.41. The van der Waals surface area contributed by atoms with Crippen LogP contribution in [0.4, 0.5) is 0 Å². The topological polar surface area (TPSA) is 66.6 Å². The first-order valence-electron chi connectivity index (χ1n) is 10.5. The number of morpholine rings is 1. The first-order valence-corrected chi connectivity index (χ1v) is 10.5. The van der Waals surface area contributed by atoms with Gasteiger partial charge in [-0.1, -0.05) is 30.3 Å². The zero-order chi connectivity index (χ0) is 20.8. The second-order valence-corrected chi connectivity index (χ2v) is 7.63. The molecule has 30 heavy (non-hydrogen) atoms. The van der Waals surface area contributed by atoms with Gasteiger partial charge in [0.25, 0.3) is 0 Å². The number of benzene rings is 2. The zero-order valence-corrected chi connectivity index (χ0v) is 17.4. The summed E-state index contributed by atoms with van der Waals surface area (Å²) < 4.78 is 10.8. The highest BCUT2D eigenvalue weighted by Gasteiger charge is 2.22. The molecule has 2 N–H and O–H groups in total. The summed E-state index contributed by atoms with van der Waals surface area (Å²) in [5.41, 5.74) is 3.28. The number of hydrogen-bond donors (Lipinski definition) is 2. The Morgan fingerprint density at radius 1 is 1.20 bits per heavy atom. The van der Waals surface area contributed by atoms with Gasteiger partial charge >= 0.3 is 0 Å². The van der Waals surface area contributed by atoms with Gasteiger partial charge in [-0.05, 0) is 29.3 Å². The van der Waals surface area contributed by atoms with E-state index in [2.05, 4.69) is 33.4 Å². The number of aromatic amines is 1. The van der Waals surface area contributed by atoms with E-state index in [-0.39, 0.29) is 11.8 Å². The number of fused-ring (bicyclic) bond motifs is 1. The Bertz CT molecular complexity index is 978. The Labute approximate surface area is 177 Å². The van der Waals surface area contributed by atoms with Crippen molar-refractivity contribution >= 4 is 16.8 Å². The molecule has 1 fully saturated rings. The van der Waals surface area contributed by atoms with E-state index >= 15 is 0 Å². The first-order chi connectivity index (χ1) is 14.7. The van der Waals surface area contributed by atoms with Crippen molar-refractivity contribution in [2.75, 3.05) is 46.5 Å². The number of ether oxygens (including phenoxy) is 2. The van der Waals surface area contributed by atoms with Gasteiger partial charge in [0, 0.05) is 55.6 Å². The molecule has 1 saturated heterocycles. The number of rotatable bonds is 8. The average Bonchev–Trinajstić information content (AvgIpc) is 3.22. The van der Waals surface area contributed by atoms with Crippen molar-refractivity contribution in [1.82, 2.24) is 15.2 Å². The van der Waals surface area contributed by atoms with Crippen molar-refractivity contribution in [2.45, 2.75) is 12.3 Å². The van der Waals surface area contributed by atoms with E-state index in [1.165, 1.54) is 0 Å². The van der Waals surface area contributed by atoms with Gasteiger partial charge in [0.05, 0.1) is 20.3 Å². The predicted octanol–water partition coefficient (Wildman–Crippen LogP) is 3.15. The number of carbonyl (C=O) groups excluding carboxylic acids is 1. The van der Waals surface area contributed by atoms with Gasteiger partial charge in [-0.25, -0.2) is 0 Å². The van der Waals surface area contributed by atoms with E-state index < -0.39 is 0 Å². The van der Waals surface area contributed by atoms with Crippen LogP contribution >= 0.6 is 0 Å². The fourth-order valence-corrected chi connectivity index (χ4v) is 4.08. The molecule has 6 nitrogen and oxygen atoms in total. The second kappa shape index (κ2) is 9.78. The molecule has 1 amide bonds. The van der Waals surface area contributed by atoms with Gasteiger partial charge in [-0.3, -0.25) is 9.69 Å². The Balaban J connectivity index is 1.50. The molecule has 158 valence electrons. The standard InChI is InChI=1S/C24H29N3O3/c1-29-19-6-4-5-18(15-19)21(22-17-26-23-8-3-2-7-20(22)23)16-24(28)25-9-10-27-11-13-30-14-12-27/h2-8,15,17,21,26H,9-14,16H2,1H3,(H,25,28)/t21-/m1/s1. The van der Waals surface area contributed by atoms with Crippen LogP contribution in [-0.4, -0.2) is 62.3 Å². The van der Waals surface area contributed by atoms with Crippen LogP contribution in [0.1, 0.15) is 23.5 Å². The number of H-pyrrole nitrogens is 1. The van der Waals surface area contributed by atoms with E-state index in [4.69, 9.17) is 9.47 Å². The normalized spacial score (nSPS) is 15.8. The number of nitrogens with zero attached hydrogens (tertiary/aromatic N) is 1. The fourth-order valence-electron chi connectivity index (χ4n) is 4.08. The Hall–Kier alpha value is -2.83. The summed E-state index contributed by atoms with van der Waals surface area (Å²) in [5, 5.41) is 4.25. The molecule has 0 radical (unpaired) electrons. The summed E-state index contributed by atoms with van der Waals surface area (Å²) in [6.07, 6.45) is 2.41. The van der Waals surface area contributed by atoms with E-state index in [0.717, 1.165) is 60.6 Å². The summed E-state index contributed by atoms with van der Waals surface area (Å²) in [7, 11) is 1.66. The molecule has 1 atom stereocenters. The van der Waals surface area contributed by atoms with Crippen LogP contribution in [0.5, 0.6) is 5.75 Å². The molecule has 2 heterocycles. The summed E-state index contributed by atoms with van der Waals surface area (Å²) in [4.78, 5) is 18.5. The van der Waals surface area contributed by atoms with E-state index in [1.807, 2.05) is 36.5 Å². The van der Waals surface area contributed by atoms with Gasteiger partial charge in [0.1, 0.15) is 5.75 Å². The Morgan fingerprint density at radius 2 is 2.03 bits per heavy atom. The van der Waals surface area contributed by atoms with Gasteiger partial charge in [-0.15, -0.1) is 0 Å². The van der Waals surface area contributed by atoms with Gasteiger partial charge in [0.15, 0.2) is 0 Å². The average molecular weight is 408 g/mol. The molecular formula is C24H29N3O3. The largest absolute Gasteiger partial charge is 0.497 e. The molecule has 0 spiro atoms. The molecule has 1 aliphatic heterocycles. The smallest absolute Gasteiger partial charge is 0.220 e. The van der Waals surface area contributed by atoms with Crippen LogP contribution in [0.15, 0.2) is 54.7 Å². The maximum absolute atomic E-state index is 12.9. The number of carbonyl (C=O) groups is 1. The minimum absolute atomic E-state index is 0.0559. The number of para-hydroxylation sites is 1. The molecule has 0 saturated carbocycles. The molecular weight excluding hydrogens is 378 g/mol. The minimum atomic E-state index is -0.0559. The second-order valence-electron chi connectivity index (χ2n) is 7.63. The van der Waals surface area contributed by atoms with Crippen molar-refractivity contribution in [2.24, 2.45) is 0 Å². The maximum atomic E-state index is 12.9. The van der Waals surface area contributed by atoms with Crippen LogP contribution < -0.4 is 10.1 Å². The highest BCUT2D eigenvalue weighted by molar-refractivity contribution is 5.86. The van der Waals surface area contributed by atoms with Crippen LogP contribution in [0.3, 0.4) is 0 Å². The predicted molar refractivity (Wildman–Crippen MR) is 118 cm³/mol. The zero-order valence-electron chi connectivity index (χ0n) is 17.4. The fraction of sp³-hybridized carbons (Fsp3) is 0.375. The molecule has 4 rings (SSSR count). The summed E-state index contributed by atoms with van der Waals surface area (Å²) in [5.74, 6) is 0.797. The molecule has 0 aliphatic carbocycles. The maximum Gasteiger partial charge on any atom is 0.220 e. The lowest BCUT2D eigenvalue weighted by molar-refractivity contribution is -0.121. The van der Waals surface area contributed by atoms with E-state index in [1.54, 1.807) is 7.11 Å². The monoisotopic (exact) mass is 407 g/mol. The lowest BCUT2D eigenvalue weighted by Gasteiger charge is -2.26. The van der Waals surface area contributed by atoms with Crippen LogP contribution in [0.25, 0.3) is 10.9 Å². The molecule has 1 aliphatic rings. The number of hydrogen-bond acceptors (Lipinski definition) is 4. The van der Waals surface area contributed by atoms with Gasteiger partial charge in [0.2, 0.25) is 5.91 Å². The molecule has 3 aromatic rings.